The van der Waals surface area contributed by atoms with Crippen molar-refractivity contribution in [3.8, 4) is 50.8 Å². The average molecular weight is 726 g/mol. The highest BCUT2D eigenvalue weighted by Crippen LogP contribution is 2.44. The van der Waals surface area contributed by atoms with Crippen molar-refractivity contribution in [2.24, 2.45) is 0 Å². The fourth-order valence-electron chi connectivity index (χ4n) is 8.62. The van der Waals surface area contributed by atoms with Gasteiger partial charge in [-0.2, -0.15) is 5.26 Å². The molecule has 0 saturated carbocycles. The Balaban J connectivity index is 1.28. The number of aromatic nitrogens is 2. The van der Waals surface area contributed by atoms with Crippen LogP contribution in [0.1, 0.15) is 11.1 Å². The minimum absolute atomic E-state index is 0.600. The van der Waals surface area contributed by atoms with Gasteiger partial charge in [0, 0.05) is 27.1 Å². The molecule has 0 bridgehead atoms. The molecule has 0 atom stereocenters. The molecule has 2 aromatic heterocycles. The van der Waals surface area contributed by atoms with Crippen molar-refractivity contribution < 1.29 is 0 Å². The first-order chi connectivity index (χ1) is 28.1. The van der Waals surface area contributed by atoms with Gasteiger partial charge in [0.05, 0.1) is 58.2 Å². The highest BCUT2D eigenvalue weighted by Gasteiger charge is 2.23. The third kappa shape index (κ3) is 5.21. The Morgan fingerprint density at radius 2 is 0.965 bits per heavy atom. The lowest BCUT2D eigenvalue weighted by molar-refractivity contribution is 1.10. The molecule has 0 N–H and O–H groups in total. The molecule has 0 fully saturated rings. The van der Waals surface area contributed by atoms with Crippen LogP contribution in [0, 0.1) is 31.4 Å². The van der Waals surface area contributed by atoms with Crippen LogP contribution in [0.15, 0.2) is 170 Å². The Hall–Kier alpha value is -8.17. The maximum absolute atomic E-state index is 9.96. The number of hydrogen-bond donors (Lipinski definition) is 0. The maximum atomic E-state index is 9.96. The summed E-state index contributed by atoms with van der Waals surface area (Å²) in [7, 11) is 0. The SMILES string of the molecule is [C-]#[N+]c1ccccc1-c1ccc2c(c1)c1ccccc1n2-c1ccc(-c2cccc(C#N)c2)c(-n2c3ccccc3c3cc(-c4ccccc4[N+]#[C-])ccc32)c1C. The lowest BCUT2D eigenvalue weighted by Crippen LogP contribution is -2.05. The predicted octanol–water partition coefficient (Wildman–Crippen LogP) is 14.2. The molecule has 5 nitrogen and oxygen atoms in total. The largest absolute Gasteiger partial charge is 0.309 e. The first-order valence-electron chi connectivity index (χ1n) is 18.7. The smallest absolute Gasteiger partial charge is 0.194 e. The van der Waals surface area contributed by atoms with E-state index >= 15 is 0 Å². The molecule has 0 radical (unpaired) electrons. The Kier molecular flexibility index (Phi) is 7.79. The second-order valence-corrected chi connectivity index (χ2v) is 14.2. The zero-order valence-corrected chi connectivity index (χ0v) is 30.9. The van der Waals surface area contributed by atoms with Crippen LogP contribution in [0.4, 0.5) is 11.4 Å². The average Bonchev–Trinajstić information content (AvgIpc) is 3.78. The quantitative estimate of drug-likeness (QED) is 0.163. The summed E-state index contributed by atoms with van der Waals surface area (Å²) in [6, 6.07) is 60.2. The number of nitrogens with zero attached hydrogens (tertiary/aromatic N) is 5. The van der Waals surface area contributed by atoms with Crippen LogP contribution in [0.25, 0.3) is 98.1 Å². The molecule has 0 spiro atoms. The Bertz CT molecular complexity index is 3410. The maximum Gasteiger partial charge on any atom is 0.194 e. The summed E-state index contributed by atoms with van der Waals surface area (Å²) < 4.78 is 4.73. The molecular formula is C52H31N5. The van der Waals surface area contributed by atoms with E-state index in [0.717, 1.165) is 93.9 Å². The fourth-order valence-corrected chi connectivity index (χ4v) is 8.62. The highest BCUT2D eigenvalue weighted by atomic mass is 15.0. The molecule has 10 aromatic rings. The summed E-state index contributed by atoms with van der Waals surface area (Å²) in [6.07, 6.45) is 0. The van der Waals surface area contributed by atoms with Crippen molar-refractivity contribution in [3.63, 3.8) is 0 Å². The molecule has 5 heteroatoms. The first kappa shape index (κ1) is 33.4. The zero-order chi connectivity index (χ0) is 38.6. The molecule has 264 valence electrons. The second kappa shape index (κ2) is 13.3. The van der Waals surface area contributed by atoms with Gasteiger partial charge in [-0.3, -0.25) is 0 Å². The van der Waals surface area contributed by atoms with Crippen LogP contribution in [0.5, 0.6) is 0 Å². The molecule has 2 heterocycles. The summed E-state index contributed by atoms with van der Waals surface area (Å²) in [5.74, 6) is 0. The summed E-state index contributed by atoms with van der Waals surface area (Å²) in [4.78, 5) is 7.64. The van der Waals surface area contributed by atoms with Crippen LogP contribution < -0.4 is 0 Å². The van der Waals surface area contributed by atoms with E-state index in [0.29, 0.717) is 16.9 Å². The number of benzene rings is 8. The van der Waals surface area contributed by atoms with Gasteiger partial charge in [-0.05, 0) is 94.9 Å². The molecule has 0 amide bonds. The van der Waals surface area contributed by atoms with Gasteiger partial charge in [0.1, 0.15) is 0 Å². The van der Waals surface area contributed by atoms with Crippen LogP contribution >= 0.6 is 0 Å². The number of para-hydroxylation sites is 4. The van der Waals surface area contributed by atoms with Gasteiger partial charge in [-0.15, -0.1) is 0 Å². The normalized spacial score (nSPS) is 11.2. The number of nitriles is 1. The van der Waals surface area contributed by atoms with Crippen LogP contribution in [-0.2, 0) is 0 Å². The Morgan fingerprint density at radius 1 is 0.456 bits per heavy atom. The second-order valence-electron chi connectivity index (χ2n) is 14.2. The van der Waals surface area contributed by atoms with E-state index in [-0.39, 0.29) is 0 Å². The van der Waals surface area contributed by atoms with Gasteiger partial charge in [-0.25, -0.2) is 9.69 Å². The molecule has 0 aliphatic rings. The van der Waals surface area contributed by atoms with Crippen LogP contribution in [0.2, 0.25) is 0 Å². The van der Waals surface area contributed by atoms with E-state index in [2.05, 4.69) is 135 Å². The van der Waals surface area contributed by atoms with E-state index in [1.165, 1.54) is 0 Å². The zero-order valence-electron chi connectivity index (χ0n) is 30.9. The summed E-state index contributed by atoms with van der Waals surface area (Å²) in [5.41, 5.74) is 15.0. The highest BCUT2D eigenvalue weighted by molar-refractivity contribution is 6.13. The van der Waals surface area contributed by atoms with Crippen molar-refractivity contribution in [3.05, 3.63) is 204 Å². The van der Waals surface area contributed by atoms with Gasteiger partial charge in [0.15, 0.2) is 11.4 Å². The van der Waals surface area contributed by atoms with Gasteiger partial charge >= 0.3 is 0 Å². The molecule has 57 heavy (non-hydrogen) atoms. The number of hydrogen-bond acceptors (Lipinski definition) is 1. The molecule has 10 rings (SSSR count). The van der Waals surface area contributed by atoms with E-state index in [4.69, 9.17) is 13.1 Å². The first-order valence-corrected chi connectivity index (χ1v) is 18.7. The lowest BCUT2D eigenvalue weighted by atomic mass is 9.97. The summed E-state index contributed by atoms with van der Waals surface area (Å²) >= 11 is 0. The van der Waals surface area contributed by atoms with Gasteiger partial charge in [0.2, 0.25) is 0 Å². The number of rotatable bonds is 5. The van der Waals surface area contributed by atoms with Crippen LogP contribution in [0.3, 0.4) is 0 Å². The van der Waals surface area contributed by atoms with Gasteiger partial charge in [0.25, 0.3) is 0 Å². The Morgan fingerprint density at radius 3 is 1.56 bits per heavy atom. The monoisotopic (exact) mass is 725 g/mol. The van der Waals surface area contributed by atoms with Crippen molar-refractivity contribution in [2.45, 2.75) is 6.92 Å². The summed E-state index contributed by atoms with van der Waals surface area (Å²) in [6.45, 7) is 17.8. The fraction of sp³-hybridized carbons (Fsp3) is 0.0192. The lowest BCUT2D eigenvalue weighted by Gasteiger charge is -2.21. The Labute approximate surface area is 329 Å². The standard InChI is InChI=1S/C52H31N5/c1-33-47(56-48-21-10-6-17-41(48)43-30-36(23-26-50(43)56)38-15-4-8-19-45(38)54-2)28-25-40(35-14-12-13-34(29-35)32-53)52(33)57-49-22-11-7-18-42(49)44-31-37(24-27-51(44)57)39-16-5-9-20-46(39)55-3/h4-31H,1H3. The molecule has 0 aliphatic heterocycles. The van der Waals surface area contributed by atoms with E-state index in [9.17, 15) is 5.26 Å². The van der Waals surface area contributed by atoms with E-state index in [1.54, 1.807) is 0 Å². The minimum atomic E-state index is 0.600. The van der Waals surface area contributed by atoms with E-state index < -0.39 is 0 Å². The minimum Gasteiger partial charge on any atom is -0.309 e. The topological polar surface area (TPSA) is 42.4 Å². The van der Waals surface area contributed by atoms with Gasteiger partial charge in [-0.1, -0.05) is 115 Å². The third-order valence-corrected chi connectivity index (χ3v) is 11.2. The van der Waals surface area contributed by atoms with Crippen molar-refractivity contribution in [2.75, 3.05) is 0 Å². The van der Waals surface area contributed by atoms with Crippen molar-refractivity contribution in [1.82, 2.24) is 9.13 Å². The van der Waals surface area contributed by atoms with Gasteiger partial charge < -0.3 is 9.13 Å². The van der Waals surface area contributed by atoms with Crippen molar-refractivity contribution in [1.29, 1.82) is 5.26 Å². The third-order valence-electron chi connectivity index (χ3n) is 11.2. The van der Waals surface area contributed by atoms with E-state index in [1.807, 2.05) is 66.7 Å². The molecule has 0 aliphatic carbocycles. The molecule has 8 aromatic carbocycles. The molecule has 0 saturated heterocycles. The van der Waals surface area contributed by atoms with Crippen LogP contribution in [-0.4, -0.2) is 9.13 Å². The molecule has 0 unspecified atom stereocenters. The number of fused-ring (bicyclic) bond motifs is 6. The van der Waals surface area contributed by atoms with Crippen molar-refractivity contribution >= 4 is 55.0 Å². The summed E-state index contributed by atoms with van der Waals surface area (Å²) in [5, 5.41) is 14.4. The predicted molar refractivity (Wildman–Crippen MR) is 233 cm³/mol. The molecular weight excluding hydrogens is 695 g/mol.